The van der Waals surface area contributed by atoms with Crippen LogP contribution in [0.5, 0.6) is 0 Å². The molecular formula is C17H16N4S. The number of hydrogen-bond acceptors (Lipinski definition) is 5. The van der Waals surface area contributed by atoms with Crippen molar-refractivity contribution in [3.8, 4) is 11.1 Å². The standard InChI is InChI=1S/C17H16N4S/c18-8-12-13(19)5-4-11(9-1-2-9)16(12)10-3-6-14-15(7-10)22-17(20)21-14/h3-9,18H,1-2,19H2,(H2,20,21). The van der Waals surface area contributed by atoms with Gasteiger partial charge < -0.3 is 16.9 Å². The third kappa shape index (κ3) is 2.05. The minimum absolute atomic E-state index is 0.578. The normalized spacial score (nSPS) is 14.4. The number of fused-ring (bicyclic) bond motifs is 1. The summed E-state index contributed by atoms with van der Waals surface area (Å²) in [6, 6.07) is 10.2. The van der Waals surface area contributed by atoms with Crippen molar-refractivity contribution < 1.29 is 0 Å². The van der Waals surface area contributed by atoms with E-state index >= 15 is 0 Å². The second-order valence-electron chi connectivity index (χ2n) is 5.69. The van der Waals surface area contributed by atoms with E-state index in [0.717, 1.165) is 26.9 Å². The van der Waals surface area contributed by atoms with E-state index in [2.05, 4.69) is 23.2 Å². The van der Waals surface area contributed by atoms with Gasteiger partial charge in [0, 0.05) is 17.5 Å². The minimum Gasteiger partial charge on any atom is -0.398 e. The quantitative estimate of drug-likeness (QED) is 0.504. The lowest BCUT2D eigenvalue weighted by Crippen LogP contribution is -2.00. The van der Waals surface area contributed by atoms with E-state index < -0.39 is 0 Å². The smallest absolute Gasteiger partial charge is 0.181 e. The molecule has 0 spiro atoms. The van der Waals surface area contributed by atoms with Crippen LogP contribution in [0.15, 0.2) is 30.3 Å². The van der Waals surface area contributed by atoms with E-state index in [0.29, 0.717) is 16.7 Å². The van der Waals surface area contributed by atoms with Gasteiger partial charge in [0.15, 0.2) is 5.13 Å². The maximum absolute atomic E-state index is 7.77. The van der Waals surface area contributed by atoms with Gasteiger partial charge in [-0.3, -0.25) is 0 Å². The van der Waals surface area contributed by atoms with Crippen LogP contribution in [0.25, 0.3) is 21.3 Å². The van der Waals surface area contributed by atoms with Gasteiger partial charge in [0.1, 0.15) is 0 Å². The molecule has 1 aromatic heterocycles. The molecule has 0 unspecified atom stereocenters. The molecule has 4 nitrogen and oxygen atoms in total. The third-order valence-electron chi connectivity index (χ3n) is 4.17. The molecule has 0 radical (unpaired) electrons. The number of aromatic nitrogens is 1. The van der Waals surface area contributed by atoms with E-state index in [1.165, 1.54) is 36.0 Å². The van der Waals surface area contributed by atoms with Gasteiger partial charge in [-0.15, -0.1) is 0 Å². The molecule has 1 fully saturated rings. The molecule has 0 atom stereocenters. The summed E-state index contributed by atoms with van der Waals surface area (Å²) in [5.41, 5.74) is 17.7. The van der Waals surface area contributed by atoms with Gasteiger partial charge in [-0.1, -0.05) is 23.5 Å². The number of nitrogen functional groups attached to an aromatic ring is 2. The molecule has 0 aliphatic heterocycles. The SMILES string of the molecule is N=Cc1c(N)ccc(C2CC2)c1-c1ccc2nc(N)sc2c1. The number of benzene rings is 2. The highest BCUT2D eigenvalue weighted by Crippen LogP contribution is 2.46. The highest BCUT2D eigenvalue weighted by molar-refractivity contribution is 7.22. The van der Waals surface area contributed by atoms with Gasteiger partial charge in [-0.05, 0) is 53.6 Å². The van der Waals surface area contributed by atoms with Crippen LogP contribution in [0.1, 0.15) is 29.9 Å². The maximum atomic E-state index is 7.77. The molecule has 2 aromatic carbocycles. The molecule has 0 bridgehead atoms. The van der Waals surface area contributed by atoms with Crippen LogP contribution in [-0.2, 0) is 0 Å². The van der Waals surface area contributed by atoms with Gasteiger partial charge in [-0.2, -0.15) is 0 Å². The van der Waals surface area contributed by atoms with Crippen LogP contribution in [0.3, 0.4) is 0 Å². The minimum atomic E-state index is 0.578. The molecule has 5 heteroatoms. The molecule has 5 N–H and O–H groups in total. The Morgan fingerprint density at radius 3 is 2.73 bits per heavy atom. The van der Waals surface area contributed by atoms with Gasteiger partial charge in [0.05, 0.1) is 10.2 Å². The predicted octanol–water partition coefficient (Wildman–Crippen LogP) is 4.00. The molecular weight excluding hydrogens is 292 g/mol. The van der Waals surface area contributed by atoms with Crippen LogP contribution in [-0.4, -0.2) is 11.2 Å². The Kier molecular flexibility index (Phi) is 2.90. The molecule has 110 valence electrons. The average Bonchev–Trinajstić information content (AvgIpc) is 3.27. The molecule has 4 rings (SSSR count). The van der Waals surface area contributed by atoms with Crippen molar-refractivity contribution in [2.45, 2.75) is 18.8 Å². The molecule has 3 aromatic rings. The third-order valence-corrected chi connectivity index (χ3v) is 5.01. The van der Waals surface area contributed by atoms with Crippen molar-refractivity contribution in [1.82, 2.24) is 4.98 Å². The number of nitrogens with zero attached hydrogens (tertiary/aromatic N) is 1. The van der Waals surface area contributed by atoms with Crippen molar-refractivity contribution in [2.24, 2.45) is 0 Å². The first-order valence-electron chi connectivity index (χ1n) is 7.26. The first kappa shape index (κ1) is 13.3. The lowest BCUT2D eigenvalue weighted by atomic mass is 9.91. The van der Waals surface area contributed by atoms with Crippen LogP contribution in [0.2, 0.25) is 0 Å². The maximum Gasteiger partial charge on any atom is 0.181 e. The summed E-state index contributed by atoms with van der Waals surface area (Å²) in [5.74, 6) is 0.594. The number of rotatable bonds is 3. The Balaban J connectivity index is 1.99. The highest BCUT2D eigenvalue weighted by atomic mass is 32.1. The zero-order valence-corrected chi connectivity index (χ0v) is 12.8. The van der Waals surface area contributed by atoms with Crippen LogP contribution in [0.4, 0.5) is 10.8 Å². The zero-order chi connectivity index (χ0) is 15.3. The van der Waals surface area contributed by atoms with Gasteiger partial charge in [-0.25, -0.2) is 4.98 Å². The number of hydrogen-bond donors (Lipinski definition) is 3. The molecule has 1 heterocycles. The number of thiazole rings is 1. The molecule has 1 aliphatic carbocycles. The molecule has 22 heavy (non-hydrogen) atoms. The van der Waals surface area contributed by atoms with Gasteiger partial charge in [0.25, 0.3) is 0 Å². The molecule has 1 aliphatic rings. The van der Waals surface area contributed by atoms with E-state index in [1.807, 2.05) is 12.1 Å². The van der Waals surface area contributed by atoms with Gasteiger partial charge >= 0.3 is 0 Å². The van der Waals surface area contributed by atoms with Gasteiger partial charge in [0.2, 0.25) is 0 Å². The summed E-state index contributed by atoms with van der Waals surface area (Å²) >= 11 is 1.49. The fourth-order valence-electron chi connectivity index (χ4n) is 2.96. The Hall–Kier alpha value is -2.40. The lowest BCUT2D eigenvalue weighted by molar-refractivity contribution is 1.13. The molecule has 0 saturated heterocycles. The Morgan fingerprint density at radius 2 is 2.00 bits per heavy atom. The number of nitrogens with one attached hydrogen (secondary N) is 1. The van der Waals surface area contributed by atoms with E-state index in [-0.39, 0.29) is 0 Å². The highest BCUT2D eigenvalue weighted by Gasteiger charge is 2.28. The second kappa shape index (κ2) is 4.81. The van der Waals surface area contributed by atoms with Crippen LogP contribution in [0, 0.1) is 5.41 Å². The second-order valence-corrected chi connectivity index (χ2v) is 6.75. The van der Waals surface area contributed by atoms with E-state index in [1.54, 1.807) is 0 Å². The summed E-state index contributed by atoms with van der Waals surface area (Å²) in [6.45, 7) is 0. The van der Waals surface area contributed by atoms with Crippen LogP contribution < -0.4 is 11.5 Å². The fourth-order valence-corrected chi connectivity index (χ4v) is 3.74. The largest absolute Gasteiger partial charge is 0.398 e. The summed E-state index contributed by atoms with van der Waals surface area (Å²) in [7, 11) is 0. The van der Waals surface area contributed by atoms with Crippen LogP contribution >= 0.6 is 11.3 Å². The fraction of sp³-hybridized carbons (Fsp3) is 0.176. The summed E-state index contributed by atoms with van der Waals surface area (Å²) < 4.78 is 1.06. The summed E-state index contributed by atoms with van der Waals surface area (Å²) in [5, 5.41) is 8.34. The first-order chi connectivity index (χ1) is 10.7. The number of nitrogens with two attached hydrogens (primary N) is 2. The Labute approximate surface area is 132 Å². The summed E-state index contributed by atoms with van der Waals surface area (Å²) in [6.07, 6.45) is 3.79. The Morgan fingerprint density at radius 1 is 1.18 bits per heavy atom. The van der Waals surface area contributed by atoms with Crippen molar-refractivity contribution in [3.05, 3.63) is 41.5 Å². The molecule has 1 saturated carbocycles. The Bertz CT molecular complexity index is 893. The zero-order valence-electron chi connectivity index (χ0n) is 12.0. The topological polar surface area (TPSA) is 88.8 Å². The summed E-state index contributed by atoms with van der Waals surface area (Å²) in [4.78, 5) is 4.30. The average molecular weight is 308 g/mol. The predicted molar refractivity (Wildman–Crippen MR) is 93.7 cm³/mol. The van der Waals surface area contributed by atoms with Crippen molar-refractivity contribution in [1.29, 1.82) is 5.41 Å². The monoisotopic (exact) mass is 308 g/mol. The molecule has 0 amide bonds. The van der Waals surface area contributed by atoms with E-state index in [4.69, 9.17) is 16.9 Å². The first-order valence-corrected chi connectivity index (χ1v) is 8.08. The van der Waals surface area contributed by atoms with E-state index in [9.17, 15) is 0 Å². The van der Waals surface area contributed by atoms with Crippen molar-refractivity contribution >= 4 is 38.6 Å². The lowest BCUT2D eigenvalue weighted by Gasteiger charge is -2.14. The van der Waals surface area contributed by atoms with Crippen molar-refractivity contribution in [2.75, 3.05) is 11.5 Å². The number of anilines is 2. The van der Waals surface area contributed by atoms with Crippen molar-refractivity contribution in [3.63, 3.8) is 0 Å².